The Kier molecular flexibility index (Phi) is 3.65. The van der Waals surface area contributed by atoms with Crippen molar-refractivity contribution in [2.24, 2.45) is 7.05 Å². The first-order valence-electron chi connectivity index (χ1n) is 6.88. The number of carbonyl (C=O) groups excluding carboxylic acids is 1. The Bertz CT molecular complexity index is 693. The highest BCUT2D eigenvalue weighted by Crippen LogP contribution is 2.28. The molecule has 0 aliphatic carbocycles. The molecule has 0 bridgehead atoms. The molecular weight excluding hydrogens is 260 g/mol. The first-order valence-corrected chi connectivity index (χ1v) is 6.88. The van der Waals surface area contributed by atoms with E-state index in [0.717, 1.165) is 11.1 Å². The second-order valence-electron chi connectivity index (χ2n) is 5.02. The lowest BCUT2D eigenvalue weighted by atomic mass is 9.86. The second-order valence-corrected chi connectivity index (χ2v) is 5.02. The molecule has 2 aromatic carbocycles. The average molecular weight is 276 g/mol. The van der Waals surface area contributed by atoms with Crippen molar-refractivity contribution in [2.75, 3.05) is 0 Å². The summed E-state index contributed by atoms with van der Waals surface area (Å²) < 4.78 is 1.65. The molecule has 0 amide bonds. The summed E-state index contributed by atoms with van der Waals surface area (Å²) in [6.07, 6.45) is 3.39. The monoisotopic (exact) mass is 276 g/mol. The van der Waals surface area contributed by atoms with Gasteiger partial charge in [0.15, 0.2) is 5.78 Å². The van der Waals surface area contributed by atoms with E-state index in [1.54, 1.807) is 17.1 Å². The molecule has 3 heteroatoms. The average Bonchev–Trinajstić information content (AvgIpc) is 2.96. The smallest absolute Gasteiger partial charge is 0.177 e. The molecule has 104 valence electrons. The molecule has 21 heavy (non-hydrogen) atoms. The number of benzene rings is 2. The molecule has 0 saturated carbocycles. The highest BCUT2D eigenvalue weighted by Gasteiger charge is 2.24. The van der Waals surface area contributed by atoms with Gasteiger partial charge in [-0.05, 0) is 11.1 Å². The molecule has 3 rings (SSSR count). The molecule has 1 aromatic heterocycles. The van der Waals surface area contributed by atoms with Crippen molar-refractivity contribution in [1.29, 1.82) is 0 Å². The lowest BCUT2D eigenvalue weighted by molar-refractivity contribution is 0.0974. The largest absolute Gasteiger partial charge is 0.293 e. The molecule has 0 saturated heterocycles. The van der Waals surface area contributed by atoms with Gasteiger partial charge >= 0.3 is 0 Å². The Morgan fingerprint density at radius 2 is 1.48 bits per heavy atom. The minimum atomic E-state index is -0.295. The van der Waals surface area contributed by atoms with E-state index < -0.39 is 0 Å². The van der Waals surface area contributed by atoms with Gasteiger partial charge in [-0.15, -0.1) is 0 Å². The molecule has 1 heterocycles. The second kappa shape index (κ2) is 5.75. The fourth-order valence-corrected chi connectivity index (χ4v) is 2.50. The van der Waals surface area contributed by atoms with E-state index in [1.807, 2.05) is 67.7 Å². The fraction of sp³-hybridized carbons (Fsp3) is 0.111. The number of hydrogen-bond donors (Lipinski definition) is 0. The summed E-state index contributed by atoms with van der Waals surface area (Å²) in [5, 5.41) is 4.10. The zero-order chi connectivity index (χ0) is 14.7. The van der Waals surface area contributed by atoms with Gasteiger partial charge in [-0.25, -0.2) is 0 Å². The Hall–Kier alpha value is -2.68. The van der Waals surface area contributed by atoms with E-state index >= 15 is 0 Å². The standard InChI is InChI=1S/C18H16N2O/c1-20-13-16(12-19-20)18(21)17(14-8-4-2-5-9-14)15-10-6-3-7-11-15/h2-13,17H,1H3. The summed E-state index contributed by atoms with van der Waals surface area (Å²) in [5.41, 5.74) is 2.63. The predicted octanol–water partition coefficient (Wildman–Crippen LogP) is 3.43. The van der Waals surface area contributed by atoms with Gasteiger partial charge in [-0.1, -0.05) is 60.7 Å². The van der Waals surface area contributed by atoms with Crippen LogP contribution in [0.15, 0.2) is 73.1 Å². The van der Waals surface area contributed by atoms with Crippen molar-refractivity contribution >= 4 is 5.78 Å². The Morgan fingerprint density at radius 1 is 0.952 bits per heavy atom. The maximum atomic E-state index is 12.9. The summed E-state index contributed by atoms with van der Waals surface area (Å²) in [5.74, 6) is -0.225. The quantitative estimate of drug-likeness (QED) is 0.684. The van der Waals surface area contributed by atoms with Crippen LogP contribution in [0, 0.1) is 0 Å². The van der Waals surface area contributed by atoms with Gasteiger partial charge in [0.05, 0.1) is 17.7 Å². The first kappa shape index (κ1) is 13.3. The third kappa shape index (κ3) is 2.77. The lowest BCUT2D eigenvalue weighted by Gasteiger charge is -2.16. The van der Waals surface area contributed by atoms with E-state index in [2.05, 4.69) is 5.10 Å². The predicted molar refractivity (Wildman–Crippen MR) is 82.3 cm³/mol. The number of hydrogen-bond acceptors (Lipinski definition) is 2. The van der Waals surface area contributed by atoms with E-state index in [1.165, 1.54) is 0 Å². The minimum Gasteiger partial charge on any atom is -0.293 e. The molecule has 0 aliphatic heterocycles. The first-order chi connectivity index (χ1) is 10.3. The molecule has 0 atom stereocenters. The third-order valence-electron chi connectivity index (χ3n) is 3.52. The van der Waals surface area contributed by atoms with E-state index in [4.69, 9.17) is 0 Å². The van der Waals surface area contributed by atoms with Crippen LogP contribution in [-0.4, -0.2) is 15.6 Å². The van der Waals surface area contributed by atoms with Crippen molar-refractivity contribution in [3.05, 3.63) is 89.7 Å². The van der Waals surface area contributed by atoms with Crippen LogP contribution in [0.1, 0.15) is 27.4 Å². The maximum Gasteiger partial charge on any atom is 0.177 e. The highest BCUT2D eigenvalue weighted by atomic mass is 16.1. The van der Waals surface area contributed by atoms with Crippen LogP contribution >= 0.6 is 0 Å². The van der Waals surface area contributed by atoms with Gasteiger partial charge in [0.1, 0.15) is 0 Å². The number of aryl methyl sites for hydroxylation is 1. The van der Waals surface area contributed by atoms with Gasteiger partial charge in [0.25, 0.3) is 0 Å². The molecule has 0 N–H and O–H groups in total. The van der Waals surface area contributed by atoms with Gasteiger partial charge < -0.3 is 0 Å². The van der Waals surface area contributed by atoms with Gasteiger partial charge in [-0.2, -0.15) is 5.10 Å². The van der Waals surface area contributed by atoms with Crippen LogP contribution < -0.4 is 0 Å². The fourth-order valence-electron chi connectivity index (χ4n) is 2.50. The van der Waals surface area contributed by atoms with Crippen molar-refractivity contribution in [3.8, 4) is 0 Å². The highest BCUT2D eigenvalue weighted by molar-refractivity contribution is 6.02. The Morgan fingerprint density at radius 3 is 1.90 bits per heavy atom. The van der Waals surface area contributed by atoms with Crippen molar-refractivity contribution in [1.82, 2.24) is 9.78 Å². The summed E-state index contributed by atoms with van der Waals surface area (Å²) in [4.78, 5) is 12.9. The van der Waals surface area contributed by atoms with E-state index in [9.17, 15) is 4.79 Å². The minimum absolute atomic E-state index is 0.0699. The van der Waals surface area contributed by atoms with Crippen LogP contribution in [0.2, 0.25) is 0 Å². The molecule has 0 spiro atoms. The topological polar surface area (TPSA) is 34.9 Å². The van der Waals surface area contributed by atoms with Crippen LogP contribution in [0.25, 0.3) is 0 Å². The van der Waals surface area contributed by atoms with Gasteiger partial charge in [-0.3, -0.25) is 9.48 Å². The maximum absolute atomic E-state index is 12.9. The Balaban J connectivity index is 2.07. The zero-order valence-electron chi connectivity index (χ0n) is 11.8. The van der Waals surface area contributed by atoms with Crippen molar-refractivity contribution < 1.29 is 4.79 Å². The van der Waals surface area contributed by atoms with Crippen LogP contribution in [0.3, 0.4) is 0 Å². The molecule has 0 radical (unpaired) electrons. The van der Waals surface area contributed by atoms with Gasteiger partial charge in [0.2, 0.25) is 0 Å². The summed E-state index contributed by atoms with van der Waals surface area (Å²) in [6, 6.07) is 19.7. The summed E-state index contributed by atoms with van der Waals surface area (Å²) in [6.45, 7) is 0. The number of Topliss-reactive ketones (excluding diaryl/α,β-unsaturated/α-hetero) is 1. The summed E-state index contributed by atoms with van der Waals surface area (Å²) >= 11 is 0. The number of ketones is 1. The van der Waals surface area contributed by atoms with Crippen LogP contribution in [-0.2, 0) is 7.05 Å². The zero-order valence-corrected chi connectivity index (χ0v) is 11.8. The molecular formula is C18H16N2O. The lowest BCUT2D eigenvalue weighted by Crippen LogP contribution is -2.14. The van der Waals surface area contributed by atoms with Crippen LogP contribution in [0.4, 0.5) is 0 Å². The number of nitrogens with zero attached hydrogens (tertiary/aromatic N) is 2. The van der Waals surface area contributed by atoms with Crippen molar-refractivity contribution in [2.45, 2.75) is 5.92 Å². The van der Waals surface area contributed by atoms with Gasteiger partial charge in [0, 0.05) is 13.2 Å². The third-order valence-corrected chi connectivity index (χ3v) is 3.52. The molecule has 3 nitrogen and oxygen atoms in total. The normalized spacial score (nSPS) is 10.8. The number of rotatable bonds is 4. The number of aromatic nitrogens is 2. The molecule has 0 aliphatic rings. The van der Waals surface area contributed by atoms with Crippen molar-refractivity contribution in [3.63, 3.8) is 0 Å². The molecule has 0 unspecified atom stereocenters. The summed E-state index contributed by atoms with van der Waals surface area (Å²) in [7, 11) is 1.82. The SMILES string of the molecule is Cn1cc(C(=O)C(c2ccccc2)c2ccccc2)cn1. The van der Waals surface area contributed by atoms with E-state index in [0.29, 0.717) is 5.56 Å². The molecule has 0 fully saturated rings. The Labute approximate surface area is 123 Å². The molecule has 3 aromatic rings. The number of carbonyl (C=O) groups is 1. The van der Waals surface area contributed by atoms with Crippen LogP contribution in [0.5, 0.6) is 0 Å². The van der Waals surface area contributed by atoms with E-state index in [-0.39, 0.29) is 11.7 Å².